The maximum absolute atomic E-state index is 14.0. The van der Waals surface area contributed by atoms with E-state index in [1.165, 1.54) is 31.6 Å². The molecular weight excluding hydrogens is 393 g/mol. The van der Waals surface area contributed by atoms with Crippen molar-refractivity contribution in [3.8, 4) is 22.9 Å². The molecular formula is C20H16FN5O4. The fraction of sp³-hybridized carbons (Fsp3) is 0.150. The van der Waals surface area contributed by atoms with Crippen LogP contribution in [0.4, 0.5) is 10.4 Å². The number of methoxy groups -OCH3 is 1. The van der Waals surface area contributed by atoms with Crippen LogP contribution in [0.3, 0.4) is 0 Å². The van der Waals surface area contributed by atoms with Crippen molar-refractivity contribution in [2.75, 3.05) is 19.0 Å². The van der Waals surface area contributed by atoms with Gasteiger partial charge < -0.3 is 13.9 Å². The average molecular weight is 409 g/mol. The van der Waals surface area contributed by atoms with E-state index in [2.05, 4.69) is 25.3 Å². The molecule has 0 aliphatic rings. The van der Waals surface area contributed by atoms with Crippen LogP contribution >= 0.6 is 0 Å². The number of ether oxygens (including phenoxy) is 2. The Morgan fingerprint density at radius 3 is 2.77 bits per heavy atom. The van der Waals surface area contributed by atoms with Crippen molar-refractivity contribution in [1.29, 1.82) is 0 Å². The molecule has 4 rings (SSSR count). The van der Waals surface area contributed by atoms with Crippen molar-refractivity contribution >= 4 is 23.0 Å². The summed E-state index contributed by atoms with van der Waals surface area (Å²) in [7, 11) is 1.43. The van der Waals surface area contributed by atoms with E-state index in [9.17, 15) is 9.18 Å². The van der Waals surface area contributed by atoms with Gasteiger partial charge in [0.25, 0.3) is 5.91 Å². The second kappa shape index (κ2) is 8.11. The number of rotatable bonds is 6. The largest absolute Gasteiger partial charge is 0.494 e. The summed E-state index contributed by atoms with van der Waals surface area (Å²) >= 11 is 0. The molecule has 0 aliphatic heterocycles. The van der Waals surface area contributed by atoms with Gasteiger partial charge in [-0.25, -0.2) is 14.4 Å². The highest BCUT2D eigenvalue weighted by molar-refractivity contribution is 6.02. The summed E-state index contributed by atoms with van der Waals surface area (Å²) in [6.45, 7) is 2.37. The summed E-state index contributed by atoms with van der Waals surface area (Å²) in [6, 6.07) is 5.89. The predicted octanol–water partition coefficient (Wildman–Crippen LogP) is 3.48. The third-order valence-corrected chi connectivity index (χ3v) is 4.09. The lowest BCUT2D eigenvalue weighted by Crippen LogP contribution is -2.14. The van der Waals surface area contributed by atoms with Gasteiger partial charge in [0.15, 0.2) is 16.9 Å². The molecule has 0 spiro atoms. The number of amides is 1. The lowest BCUT2D eigenvalue weighted by atomic mass is 10.2. The van der Waals surface area contributed by atoms with Crippen molar-refractivity contribution in [3.63, 3.8) is 0 Å². The molecule has 10 heteroatoms. The minimum atomic E-state index is -0.622. The Kier molecular flexibility index (Phi) is 5.21. The SMILES string of the molecule is CCOc1ccc(-c2cncc(C(=O)Nc3nc4c(OC)ccc(F)c4o3)n2)cn1. The summed E-state index contributed by atoms with van der Waals surface area (Å²) in [5, 5.41) is 2.45. The molecule has 1 amide bonds. The minimum absolute atomic E-state index is 0.0241. The Balaban J connectivity index is 1.58. The highest BCUT2D eigenvalue weighted by Gasteiger charge is 2.18. The number of carbonyl (C=O) groups is 1. The summed E-state index contributed by atoms with van der Waals surface area (Å²) in [5.41, 5.74) is 1.17. The third kappa shape index (κ3) is 3.75. The van der Waals surface area contributed by atoms with E-state index in [-0.39, 0.29) is 22.8 Å². The van der Waals surface area contributed by atoms with Gasteiger partial charge in [-0.2, -0.15) is 4.98 Å². The smallest absolute Gasteiger partial charge is 0.303 e. The van der Waals surface area contributed by atoms with Gasteiger partial charge in [-0.15, -0.1) is 0 Å². The first kappa shape index (κ1) is 19.2. The van der Waals surface area contributed by atoms with E-state index in [1.807, 2.05) is 6.92 Å². The normalized spacial score (nSPS) is 10.8. The maximum atomic E-state index is 14.0. The number of carbonyl (C=O) groups excluding carboxylic acids is 1. The highest BCUT2D eigenvalue weighted by atomic mass is 19.1. The second-order valence-electron chi connectivity index (χ2n) is 6.01. The fourth-order valence-electron chi connectivity index (χ4n) is 2.71. The highest BCUT2D eigenvalue weighted by Crippen LogP contribution is 2.30. The molecule has 1 aromatic carbocycles. The topological polar surface area (TPSA) is 112 Å². The monoisotopic (exact) mass is 409 g/mol. The molecule has 152 valence electrons. The van der Waals surface area contributed by atoms with Crippen LogP contribution in [0.1, 0.15) is 17.4 Å². The molecule has 0 aliphatic carbocycles. The first-order valence-corrected chi connectivity index (χ1v) is 8.94. The van der Waals surface area contributed by atoms with Crippen molar-refractivity contribution in [2.45, 2.75) is 6.92 Å². The predicted molar refractivity (Wildman–Crippen MR) is 105 cm³/mol. The molecule has 30 heavy (non-hydrogen) atoms. The molecule has 0 saturated heterocycles. The van der Waals surface area contributed by atoms with E-state index in [0.717, 1.165) is 0 Å². The lowest BCUT2D eigenvalue weighted by molar-refractivity contribution is 0.101. The van der Waals surface area contributed by atoms with Crippen molar-refractivity contribution in [2.24, 2.45) is 0 Å². The van der Waals surface area contributed by atoms with E-state index in [0.29, 0.717) is 29.5 Å². The number of halogens is 1. The number of hydrogen-bond acceptors (Lipinski definition) is 8. The van der Waals surface area contributed by atoms with E-state index in [1.54, 1.807) is 18.3 Å². The quantitative estimate of drug-likeness (QED) is 0.515. The third-order valence-electron chi connectivity index (χ3n) is 4.09. The second-order valence-corrected chi connectivity index (χ2v) is 6.01. The van der Waals surface area contributed by atoms with E-state index < -0.39 is 11.7 Å². The number of nitrogens with zero attached hydrogens (tertiary/aromatic N) is 4. The molecule has 3 aromatic heterocycles. The number of nitrogens with one attached hydrogen (secondary N) is 1. The Labute approximate surface area is 169 Å². The minimum Gasteiger partial charge on any atom is -0.494 e. The van der Waals surface area contributed by atoms with Gasteiger partial charge in [-0.05, 0) is 25.1 Å². The molecule has 0 saturated carbocycles. The average Bonchev–Trinajstić information content (AvgIpc) is 3.19. The van der Waals surface area contributed by atoms with Crippen molar-refractivity contribution in [1.82, 2.24) is 19.9 Å². The van der Waals surface area contributed by atoms with Gasteiger partial charge in [0.05, 0.1) is 31.8 Å². The van der Waals surface area contributed by atoms with Crippen LogP contribution in [-0.2, 0) is 0 Å². The number of anilines is 1. The molecule has 1 N–H and O–H groups in total. The molecule has 3 heterocycles. The summed E-state index contributed by atoms with van der Waals surface area (Å²) < 4.78 is 29.7. The van der Waals surface area contributed by atoms with Crippen LogP contribution in [0, 0.1) is 5.82 Å². The zero-order chi connectivity index (χ0) is 21.1. The fourth-order valence-corrected chi connectivity index (χ4v) is 2.71. The zero-order valence-corrected chi connectivity index (χ0v) is 16.0. The Hall–Kier alpha value is -4.08. The molecule has 0 radical (unpaired) electrons. The molecule has 0 atom stereocenters. The molecule has 0 unspecified atom stereocenters. The summed E-state index contributed by atoms with van der Waals surface area (Å²) in [4.78, 5) is 29.2. The summed E-state index contributed by atoms with van der Waals surface area (Å²) in [5.74, 6) is -0.431. The zero-order valence-electron chi connectivity index (χ0n) is 16.0. The van der Waals surface area contributed by atoms with Crippen LogP contribution in [0.25, 0.3) is 22.4 Å². The van der Waals surface area contributed by atoms with Crippen molar-refractivity contribution < 1.29 is 23.1 Å². The van der Waals surface area contributed by atoms with Crippen LogP contribution in [0.5, 0.6) is 11.6 Å². The van der Waals surface area contributed by atoms with Gasteiger partial charge >= 0.3 is 6.01 Å². The molecule has 9 nitrogen and oxygen atoms in total. The number of fused-ring (bicyclic) bond motifs is 1. The number of aromatic nitrogens is 4. The molecule has 0 bridgehead atoms. The maximum Gasteiger partial charge on any atom is 0.303 e. The standard InChI is InChI=1S/C20H16FN5O4/c1-3-29-16-7-4-11(8-23-16)13-9-22-10-14(24-13)19(27)26-20-25-17-15(28-2)6-5-12(21)18(17)30-20/h4-10H,3H2,1-2H3,(H,25,26,27). The number of benzene rings is 1. The number of oxazole rings is 1. The van der Waals surface area contributed by atoms with Crippen LogP contribution in [0.2, 0.25) is 0 Å². The van der Waals surface area contributed by atoms with Gasteiger partial charge in [0.1, 0.15) is 11.4 Å². The van der Waals surface area contributed by atoms with E-state index >= 15 is 0 Å². The molecule has 0 fully saturated rings. The van der Waals surface area contributed by atoms with E-state index in [4.69, 9.17) is 13.9 Å². The summed E-state index contributed by atoms with van der Waals surface area (Å²) in [6.07, 6.45) is 4.38. The Morgan fingerprint density at radius 2 is 2.03 bits per heavy atom. The Morgan fingerprint density at radius 1 is 1.17 bits per heavy atom. The lowest BCUT2D eigenvalue weighted by Gasteiger charge is -2.05. The molecule has 4 aromatic rings. The van der Waals surface area contributed by atoms with Gasteiger partial charge in [-0.3, -0.25) is 15.1 Å². The Bertz CT molecular complexity index is 1210. The van der Waals surface area contributed by atoms with Crippen molar-refractivity contribution in [3.05, 3.63) is 54.4 Å². The van der Waals surface area contributed by atoms with Gasteiger partial charge in [-0.1, -0.05) is 0 Å². The first-order valence-electron chi connectivity index (χ1n) is 8.94. The number of pyridine rings is 1. The first-order chi connectivity index (χ1) is 14.6. The van der Waals surface area contributed by atoms with Gasteiger partial charge in [0.2, 0.25) is 5.88 Å². The number of hydrogen-bond donors (Lipinski definition) is 1. The van der Waals surface area contributed by atoms with Crippen LogP contribution < -0.4 is 14.8 Å². The van der Waals surface area contributed by atoms with Crippen LogP contribution in [-0.4, -0.2) is 39.6 Å². The van der Waals surface area contributed by atoms with Crippen LogP contribution in [0.15, 0.2) is 47.3 Å². The van der Waals surface area contributed by atoms with Gasteiger partial charge in [0, 0.05) is 17.8 Å².